The van der Waals surface area contributed by atoms with Gasteiger partial charge in [-0.05, 0) is 12.3 Å². The Morgan fingerprint density at radius 1 is 1.58 bits per heavy atom. The largest absolute Gasteiger partial charge is 0.360 e. The third-order valence-electron chi connectivity index (χ3n) is 2.16. The SMILES string of the molecule is CC(C)C[C@@H](N)C1=NCCN1C. The average molecular weight is 169 g/mol. The number of aliphatic imine (C=N–C) groups is 1. The molecular weight excluding hydrogens is 150 g/mol. The van der Waals surface area contributed by atoms with Gasteiger partial charge in [0, 0.05) is 13.6 Å². The predicted octanol–water partition coefficient (Wildman–Crippen LogP) is 0.704. The van der Waals surface area contributed by atoms with Gasteiger partial charge in [-0.15, -0.1) is 0 Å². The molecule has 0 aromatic rings. The lowest BCUT2D eigenvalue weighted by Gasteiger charge is -2.20. The van der Waals surface area contributed by atoms with Crippen molar-refractivity contribution in [3.05, 3.63) is 0 Å². The van der Waals surface area contributed by atoms with Crippen molar-refractivity contribution in [1.29, 1.82) is 0 Å². The highest BCUT2D eigenvalue weighted by Gasteiger charge is 2.19. The number of rotatable bonds is 3. The molecule has 70 valence electrons. The van der Waals surface area contributed by atoms with Gasteiger partial charge < -0.3 is 10.6 Å². The van der Waals surface area contributed by atoms with E-state index in [1.807, 2.05) is 0 Å². The average Bonchev–Trinajstić information content (AvgIpc) is 2.33. The van der Waals surface area contributed by atoms with Gasteiger partial charge in [0.1, 0.15) is 5.84 Å². The number of nitrogens with zero attached hydrogens (tertiary/aromatic N) is 2. The second-order valence-electron chi connectivity index (χ2n) is 3.90. The Morgan fingerprint density at radius 3 is 2.67 bits per heavy atom. The lowest BCUT2D eigenvalue weighted by molar-refractivity contribution is 0.497. The highest BCUT2D eigenvalue weighted by Crippen LogP contribution is 2.09. The third kappa shape index (κ3) is 2.21. The summed E-state index contributed by atoms with van der Waals surface area (Å²) in [6.45, 7) is 6.32. The fourth-order valence-electron chi connectivity index (χ4n) is 1.56. The molecule has 0 unspecified atom stereocenters. The highest BCUT2D eigenvalue weighted by atomic mass is 15.2. The Labute approximate surface area is 74.6 Å². The smallest absolute Gasteiger partial charge is 0.116 e. The zero-order valence-electron chi connectivity index (χ0n) is 8.25. The van der Waals surface area contributed by atoms with E-state index >= 15 is 0 Å². The van der Waals surface area contributed by atoms with E-state index in [1.54, 1.807) is 0 Å². The van der Waals surface area contributed by atoms with Crippen LogP contribution in [0.4, 0.5) is 0 Å². The van der Waals surface area contributed by atoms with Crippen molar-refractivity contribution in [2.24, 2.45) is 16.6 Å². The van der Waals surface area contributed by atoms with Crippen LogP contribution >= 0.6 is 0 Å². The molecule has 12 heavy (non-hydrogen) atoms. The molecule has 1 heterocycles. The van der Waals surface area contributed by atoms with Crippen molar-refractivity contribution in [2.45, 2.75) is 26.3 Å². The summed E-state index contributed by atoms with van der Waals surface area (Å²) < 4.78 is 0. The summed E-state index contributed by atoms with van der Waals surface area (Å²) in [4.78, 5) is 6.55. The van der Waals surface area contributed by atoms with Crippen LogP contribution in [0.3, 0.4) is 0 Å². The fraction of sp³-hybridized carbons (Fsp3) is 0.889. The van der Waals surface area contributed by atoms with Crippen LogP contribution < -0.4 is 5.73 Å². The molecule has 2 N–H and O–H groups in total. The van der Waals surface area contributed by atoms with Gasteiger partial charge in [-0.25, -0.2) is 0 Å². The fourth-order valence-corrected chi connectivity index (χ4v) is 1.56. The maximum Gasteiger partial charge on any atom is 0.116 e. The molecule has 0 saturated heterocycles. The summed E-state index contributed by atoms with van der Waals surface area (Å²) in [5, 5.41) is 0. The minimum atomic E-state index is 0.137. The van der Waals surface area contributed by atoms with Crippen molar-refractivity contribution >= 4 is 5.84 Å². The molecule has 0 spiro atoms. The van der Waals surface area contributed by atoms with Gasteiger partial charge in [0.2, 0.25) is 0 Å². The van der Waals surface area contributed by atoms with Crippen LogP contribution in [-0.4, -0.2) is 36.9 Å². The summed E-state index contributed by atoms with van der Waals surface area (Å²) in [5.74, 6) is 1.74. The molecule has 1 rings (SSSR count). The zero-order valence-corrected chi connectivity index (χ0v) is 8.25. The van der Waals surface area contributed by atoms with Gasteiger partial charge in [-0.2, -0.15) is 0 Å². The minimum absolute atomic E-state index is 0.137. The molecule has 0 bridgehead atoms. The van der Waals surface area contributed by atoms with Crippen LogP contribution in [0.2, 0.25) is 0 Å². The second kappa shape index (κ2) is 3.90. The predicted molar refractivity (Wildman–Crippen MR) is 52.4 cm³/mol. The maximum atomic E-state index is 6.00. The van der Waals surface area contributed by atoms with E-state index in [4.69, 9.17) is 5.73 Å². The molecule has 1 atom stereocenters. The Hall–Kier alpha value is -0.570. The molecular formula is C9H19N3. The minimum Gasteiger partial charge on any atom is -0.360 e. The molecule has 1 aliphatic heterocycles. The van der Waals surface area contributed by atoms with Crippen LogP contribution in [0.1, 0.15) is 20.3 Å². The Bertz CT molecular complexity index is 175. The van der Waals surface area contributed by atoms with Crippen molar-refractivity contribution in [3.63, 3.8) is 0 Å². The maximum absolute atomic E-state index is 6.00. The summed E-state index contributed by atoms with van der Waals surface area (Å²) in [5.41, 5.74) is 6.00. The first-order valence-corrected chi connectivity index (χ1v) is 4.62. The highest BCUT2D eigenvalue weighted by molar-refractivity contribution is 5.88. The lowest BCUT2D eigenvalue weighted by atomic mass is 10.0. The van der Waals surface area contributed by atoms with Gasteiger partial charge >= 0.3 is 0 Å². The molecule has 1 aliphatic rings. The van der Waals surface area contributed by atoms with Gasteiger partial charge in [0.25, 0.3) is 0 Å². The van der Waals surface area contributed by atoms with Gasteiger partial charge in [-0.3, -0.25) is 4.99 Å². The van der Waals surface area contributed by atoms with Crippen molar-refractivity contribution in [3.8, 4) is 0 Å². The van der Waals surface area contributed by atoms with Gasteiger partial charge in [0.15, 0.2) is 0 Å². The first kappa shape index (κ1) is 9.52. The van der Waals surface area contributed by atoms with E-state index in [-0.39, 0.29) is 6.04 Å². The van der Waals surface area contributed by atoms with E-state index in [2.05, 4.69) is 30.8 Å². The lowest BCUT2D eigenvalue weighted by Crippen LogP contribution is -2.40. The standard InChI is InChI=1S/C9H19N3/c1-7(2)6-8(10)9-11-4-5-12(9)3/h7-8H,4-6,10H2,1-3H3/t8-/m1/s1. The number of nitrogens with two attached hydrogens (primary N) is 1. The topological polar surface area (TPSA) is 41.6 Å². The molecule has 0 amide bonds. The summed E-state index contributed by atoms with van der Waals surface area (Å²) in [6, 6.07) is 0.137. The molecule has 3 nitrogen and oxygen atoms in total. The first-order valence-electron chi connectivity index (χ1n) is 4.62. The van der Waals surface area contributed by atoms with Crippen LogP contribution in [0.5, 0.6) is 0 Å². The first-order chi connectivity index (χ1) is 5.61. The molecule has 0 saturated carbocycles. The van der Waals surface area contributed by atoms with E-state index < -0.39 is 0 Å². The van der Waals surface area contributed by atoms with Crippen molar-refractivity contribution in [1.82, 2.24) is 4.90 Å². The van der Waals surface area contributed by atoms with Gasteiger partial charge in [-0.1, -0.05) is 13.8 Å². The molecule has 0 radical (unpaired) electrons. The number of hydrogen-bond acceptors (Lipinski definition) is 3. The Balaban J connectivity index is 2.46. The summed E-state index contributed by atoms with van der Waals surface area (Å²) in [6.07, 6.45) is 1.03. The van der Waals surface area contributed by atoms with Crippen LogP contribution in [0.15, 0.2) is 4.99 Å². The number of likely N-dealkylation sites (N-methyl/N-ethyl adjacent to an activating group) is 1. The summed E-state index contributed by atoms with van der Waals surface area (Å²) in [7, 11) is 2.06. The molecule has 0 aromatic heterocycles. The normalized spacial score (nSPS) is 20.1. The monoisotopic (exact) mass is 169 g/mol. The van der Waals surface area contributed by atoms with E-state index in [9.17, 15) is 0 Å². The second-order valence-corrected chi connectivity index (χ2v) is 3.90. The molecule has 0 aliphatic carbocycles. The number of hydrogen-bond donors (Lipinski definition) is 1. The van der Waals surface area contributed by atoms with Crippen LogP contribution in [-0.2, 0) is 0 Å². The van der Waals surface area contributed by atoms with Crippen LogP contribution in [0, 0.1) is 5.92 Å². The third-order valence-corrected chi connectivity index (χ3v) is 2.16. The molecule has 0 aromatic carbocycles. The number of amidine groups is 1. The van der Waals surface area contributed by atoms with E-state index in [1.165, 1.54) is 0 Å². The molecule has 0 fully saturated rings. The zero-order chi connectivity index (χ0) is 9.14. The van der Waals surface area contributed by atoms with Gasteiger partial charge in [0.05, 0.1) is 12.6 Å². The Morgan fingerprint density at radius 2 is 2.25 bits per heavy atom. The van der Waals surface area contributed by atoms with E-state index in [0.29, 0.717) is 5.92 Å². The van der Waals surface area contributed by atoms with Crippen molar-refractivity contribution < 1.29 is 0 Å². The van der Waals surface area contributed by atoms with Crippen molar-refractivity contribution in [2.75, 3.05) is 20.1 Å². The van der Waals surface area contributed by atoms with Crippen LogP contribution in [0.25, 0.3) is 0 Å². The quantitative estimate of drug-likeness (QED) is 0.676. The molecule has 3 heteroatoms. The Kier molecular flexibility index (Phi) is 3.09. The van der Waals surface area contributed by atoms with E-state index in [0.717, 1.165) is 25.3 Å². The summed E-state index contributed by atoms with van der Waals surface area (Å²) >= 11 is 0.